The van der Waals surface area contributed by atoms with Crippen molar-refractivity contribution in [2.75, 3.05) is 64.3 Å². The first kappa shape index (κ1) is 41.7. The molecule has 0 spiro atoms. The fourth-order valence-corrected chi connectivity index (χ4v) is 7.59. The molecule has 2 aliphatic heterocycles. The average Bonchev–Trinajstić information content (AvgIpc) is 3.55. The average molecular weight is 816 g/mol. The van der Waals surface area contributed by atoms with Crippen LogP contribution in [0.3, 0.4) is 0 Å². The number of rotatable bonds is 15. The molecule has 1 aromatic carbocycles. The SMILES string of the molecule is C[C@@H]1C[C@@H](O)CN1C(=O)[C@@H](NC(=O)CCOCCNC(=O)CN1CCN(C(=O)c2ccc(Nc3nc(C4CC4)cn4c(-c5cn[nH]c5)cnc34)c(F)c2)CC1)C(C)(C)C. The smallest absolute Gasteiger partial charge is 0.254 e. The third-order valence-corrected chi connectivity index (χ3v) is 11.1. The highest BCUT2D eigenvalue weighted by Crippen LogP contribution is 2.40. The summed E-state index contributed by atoms with van der Waals surface area (Å²) in [4.78, 5) is 66.6. The molecule has 0 radical (unpaired) electrons. The highest BCUT2D eigenvalue weighted by molar-refractivity contribution is 5.95. The van der Waals surface area contributed by atoms with E-state index in [0.717, 1.165) is 29.8 Å². The summed E-state index contributed by atoms with van der Waals surface area (Å²) in [5, 5.41) is 25.7. The molecule has 3 aliphatic rings. The number of carbonyl (C=O) groups excluding carboxylic acids is 4. The summed E-state index contributed by atoms with van der Waals surface area (Å²) in [5.41, 5.74) is 3.01. The third-order valence-electron chi connectivity index (χ3n) is 11.1. The molecule has 4 amide bonds. The van der Waals surface area contributed by atoms with E-state index in [2.05, 4.69) is 31.1 Å². The predicted molar refractivity (Wildman–Crippen MR) is 216 cm³/mol. The molecule has 17 nitrogen and oxygen atoms in total. The number of ether oxygens (including phenoxy) is 1. The number of halogens is 1. The molecule has 4 aromatic rings. The Labute approximate surface area is 342 Å². The van der Waals surface area contributed by atoms with Crippen molar-refractivity contribution in [2.24, 2.45) is 5.41 Å². The molecule has 1 aliphatic carbocycles. The quantitative estimate of drug-likeness (QED) is 0.111. The van der Waals surface area contributed by atoms with Crippen molar-refractivity contribution < 1.29 is 33.4 Å². The van der Waals surface area contributed by atoms with Gasteiger partial charge >= 0.3 is 0 Å². The van der Waals surface area contributed by atoms with Gasteiger partial charge < -0.3 is 35.6 Å². The van der Waals surface area contributed by atoms with Gasteiger partial charge in [0, 0.05) is 81.2 Å². The summed E-state index contributed by atoms with van der Waals surface area (Å²) >= 11 is 0. The van der Waals surface area contributed by atoms with Crippen LogP contribution < -0.4 is 16.0 Å². The van der Waals surface area contributed by atoms with Gasteiger partial charge in [0.05, 0.1) is 55.3 Å². The molecule has 18 heteroatoms. The van der Waals surface area contributed by atoms with Crippen molar-refractivity contribution in [3.63, 3.8) is 0 Å². The van der Waals surface area contributed by atoms with Crippen molar-refractivity contribution in [3.05, 3.63) is 60.1 Å². The number of hydrogen-bond donors (Lipinski definition) is 5. The molecular formula is C41H54FN11O6. The number of fused-ring (bicyclic) bond motifs is 1. The number of benzene rings is 1. The van der Waals surface area contributed by atoms with Gasteiger partial charge in [0.15, 0.2) is 11.5 Å². The number of aromatic amines is 1. The van der Waals surface area contributed by atoms with Crippen LogP contribution in [0, 0.1) is 11.2 Å². The van der Waals surface area contributed by atoms with E-state index in [9.17, 15) is 24.3 Å². The van der Waals surface area contributed by atoms with E-state index in [0.29, 0.717) is 50.0 Å². The molecule has 3 atom stereocenters. The van der Waals surface area contributed by atoms with Crippen LogP contribution in [0.2, 0.25) is 0 Å². The number of aliphatic hydroxyl groups excluding tert-OH is 1. The Kier molecular flexibility index (Phi) is 12.6. The van der Waals surface area contributed by atoms with Gasteiger partial charge in [0.25, 0.3) is 5.91 Å². The van der Waals surface area contributed by atoms with E-state index >= 15 is 4.39 Å². The van der Waals surface area contributed by atoms with Crippen molar-refractivity contribution in [1.29, 1.82) is 0 Å². The highest BCUT2D eigenvalue weighted by Gasteiger charge is 2.40. The molecule has 0 bridgehead atoms. The number of β-amino-alcohol motifs (C(OH)–C–C–N with tert-alkyl or cyclic N) is 1. The number of hydrogen-bond acceptors (Lipinski definition) is 11. The first-order valence-corrected chi connectivity index (χ1v) is 20.3. The van der Waals surface area contributed by atoms with Crippen LogP contribution in [0.15, 0.2) is 43.0 Å². The molecule has 1 saturated carbocycles. The Morgan fingerprint density at radius 2 is 1.85 bits per heavy atom. The van der Waals surface area contributed by atoms with Gasteiger partial charge in [-0.15, -0.1) is 0 Å². The molecule has 2 saturated heterocycles. The normalized spacial score (nSPS) is 19.2. The highest BCUT2D eigenvalue weighted by atomic mass is 19.1. The standard InChI is InChI=1S/C41H54FN11O6/c1-25-17-29(54)22-52(25)40(58)36(41(2,3)4)49-34(55)9-15-59-16-10-43-35(56)24-50-11-13-51(14-12-50)39(57)27-7-8-31(30(42)18-27)47-37-38-44-21-33(28-19-45-46-20-28)53(38)23-32(48-37)26-5-6-26/h7-8,18-21,23,25-26,29,36,54H,5-6,9-17,22,24H2,1-4H3,(H,43,56)(H,45,46)(H,47,48)(H,49,55)/t25-,29-,36-/m1/s1. The monoisotopic (exact) mass is 815 g/mol. The van der Waals surface area contributed by atoms with Gasteiger partial charge in [-0.1, -0.05) is 20.8 Å². The second-order valence-corrected chi connectivity index (χ2v) is 16.8. The number of aliphatic hydroxyl groups is 1. The van der Waals surface area contributed by atoms with Crippen molar-refractivity contribution in [1.82, 2.24) is 49.9 Å². The Morgan fingerprint density at radius 1 is 1.07 bits per heavy atom. The number of H-pyrrole nitrogens is 1. The zero-order chi connectivity index (χ0) is 41.8. The number of imidazole rings is 1. The van der Waals surface area contributed by atoms with Gasteiger partial charge in [-0.2, -0.15) is 5.10 Å². The van der Waals surface area contributed by atoms with Gasteiger partial charge in [0.1, 0.15) is 11.9 Å². The lowest BCUT2D eigenvalue weighted by atomic mass is 9.85. The van der Waals surface area contributed by atoms with Crippen LogP contribution >= 0.6 is 0 Å². The molecular weight excluding hydrogens is 762 g/mol. The zero-order valence-electron chi connectivity index (χ0n) is 34.0. The summed E-state index contributed by atoms with van der Waals surface area (Å²) in [6.07, 6.45) is 9.29. The number of anilines is 2. The van der Waals surface area contributed by atoms with Crippen molar-refractivity contribution in [3.8, 4) is 11.3 Å². The Bertz CT molecular complexity index is 2140. The van der Waals surface area contributed by atoms with Crippen molar-refractivity contribution in [2.45, 2.75) is 77.5 Å². The Balaban J connectivity index is 0.820. The fraction of sp³-hybridized carbons (Fsp3) is 0.537. The zero-order valence-corrected chi connectivity index (χ0v) is 34.0. The first-order chi connectivity index (χ1) is 28.2. The number of nitrogens with one attached hydrogen (secondary N) is 4. The summed E-state index contributed by atoms with van der Waals surface area (Å²) in [5.74, 6) is -0.826. The second-order valence-electron chi connectivity index (χ2n) is 16.8. The predicted octanol–water partition coefficient (Wildman–Crippen LogP) is 2.67. The lowest BCUT2D eigenvalue weighted by molar-refractivity contribution is -0.140. The molecule has 3 fully saturated rings. The van der Waals surface area contributed by atoms with Crippen LogP contribution in [0.4, 0.5) is 15.9 Å². The van der Waals surface area contributed by atoms with Crippen LogP contribution in [-0.2, 0) is 19.1 Å². The maximum atomic E-state index is 15.6. The van der Waals surface area contributed by atoms with Crippen LogP contribution in [-0.4, -0.2) is 145 Å². The van der Waals surface area contributed by atoms with Crippen LogP contribution in [0.1, 0.15) is 75.3 Å². The van der Waals surface area contributed by atoms with Gasteiger partial charge in [0.2, 0.25) is 17.7 Å². The first-order valence-electron chi connectivity index (χ1n) is 20.3. The Morgan fingerprint density at radius 3 is 2.51 bits per heavy atom. The van der Waals surface area contributed by atoms with Crippen molar-refractivity contribution >= 4 is 40.8 Å². The summed E-state index contributed by atoms with van der Waals surface area (Å²) in [6, 6.07) is 3.53. The van der Waals surface area contributed by atoms with E-state index in [1.165, 1.54) is 12.1 Å². The van der Waals surface area contributed by atoms with E-state index in [4.69, 9.17) is 9.72 Å². The molecule has 3 aromatic heterocycles. The number of piperazine rings is 1. The number of likely N-dealkylation sites (tertiary alicyclic amines) is 1. The molecule has 0 unspecified atom stereocenters. The number of amides is 4. The van der Waals surface area contributed by atoms with E-state index in [1.54, 1.807) is 34.5 Å². The number of carbonyl (C=O) groups is 4. The molecule has 59 heavy (non-hydrogen) atoms. The van der Waals surface area contributed by atoms with Gasteiger partial charge in [-0.3, -0.25) is 33.6 Å². The lowest BCUT2D eigenvalue weighted by Gasteiger charge is -2.35. The van der Waals surface area contributed by atoms with E-state index in [-0.39, 0.29) is 80.2 Å². The van der Waals surface area contributed by atoms with Gasteiger partial charge in [-0.05, 0) is 49.8 Å². The second kappa shape index (κ2) is 17.8. The van der Waals surface area contributed by atoms with Crippen LogP contribution in [0.5, 0.6) is 0 Å². The molecule has 7 rings (SSSR count). The largest absolute Gasteiger partial charge is 0.391 e. The van der Waals surface area contributed by atoms with Gasteiger partial charge in [-0.25, -0.2) is 14.4 Å². The van der Waals surface area contributed by atoms with E-state index in [1.807, 2.05) is 43.2 Å². The molecule has 316 valence electrons. The minimum absolute atomic E-state index is 0.0544. The number of aromatic nitrogens is 5. The molecule has 5 heterocycles. The lowest BCUT2D eigenvalue weighted by Crippen LogP contribution is -2.55. The minimum atomic E-state index is -0.739. The maximum Gasteiger partial charge on any atom is 0.254 e. The summed E-state index contributed by atoms with van der Waals surface area (Å²) < 4.78 is 23.1. The van der Waals surface area contributed by atoms with Crippen LogP contribution in [0.25, 0.3) is 16.9 Å². The minimum Gasteiger partial charge on any atom is -0.391 e. The number of nitrogens with zero attached hydrogens (tertiary/aromatic N) is 7. The fourth-order valence-electron chi connectivity index (χ4n) is 7.59. The Hall–Kier alpha value is -5.46. The summed E-state index contributed by atoms with van der Waals surface area (Å²) in [6.45, 7) is 10.3. The summed E-state index contributed by atoms with van der Waals surface area (Å²) in [7, 11) is 0. The third kappa shape index (κ3) is 10.1. The topological polar surface area (TPSA) is 202 Å². The van der Waals surface area contributed by atoms with E-state index < -0.39 is 23.4 Å². The maximum absolute atomic E-state index is 15.6. The molecule has 5 N–H and O–H groups in total.